The Morgan fingerprint density at radius 3 is 2.07 bits per heavy atom. The second-order valence-corrected chi connectivity index (χ2v) is 10.7. The fourth-order valence-corrected chi connectivity index (χ4v) is 6.08. The van der Waals surface area contributed by atoms with E-state index >= 15 is 0 Å². The summed E-state index contributed by atoms with van der Waals surface area (Å²) in [4.78, 5) is 18.7. The molecule has 0 atom stereocenters. The Morgan fingerprint density at radius 1 is 0.900 bits per heavy atom. The molecular formula is C16H8Br2N2O8S2. The summed E-state index contributed by atoms with van der Waals surface area (Å²) in [6.45, 7) is 0. The summed E-state index contributed by atoms with van der Waals surface area (Å²) in [5.41, 5.74) is -0.142. The second kappa shape index (κ2) is 6.70. The Hall–Kier alpha value is -2.10. The van der Waals surface area contributed by atoms with Gasteiger partial charge in [0.15, 0.2) is 5.75 Å². The summed E-state index contributed by atoms with van der Waals surface area (Å²) < 4.78 is 64.6. The van der Waals surface area contributed by atoms with Crippen LogP contribution in [0.3, 0.4) is 0 Å². The molecule has 30 heavy (non-hydrogen) atoms. The molecule has 0 fully saturated rings. The number of halogens is 2. The van der Waals surface area contributed by atoms with Gasteiger partial charge in [-0.15, -0.1) is 0 Å². The van der Waals surface area contributed by atoms with Gasteiger partial charge in [-0.1, -0.05) is 0 Å². The minimum atomic E-state index is -4.61. The van der Waals surface area contributed by atoms with Crippen molar-refractivity contribution in [1.82, 2.24) is 4.98 Å². The van der Waals surface area contributed by atoms with Gasteiger partial charge in [-0.2, -0.15) is 16.8 Å². The highest BCUT2D eigenvalue weighted by Crippen LogP contribution is 2.40. The Balaban J connectivity index is 1.90. The number of nitrogens with one attached hydrogen (secondary N) is 1. The molecule has 0 spiro atoms. The number of aliphatic imine (C=N–C) groups is 1. The van der Waals surface area contributed by atoms with Crippen LogP contribution in [0.5, 0.6) is 5.75 Å². The SMILES string of the molecule is O=C1C(c2[nH]c3cc(Br)c(S(=O)(=O)O)cc3c2O)=Nc2cc(Br)c(S(=O)(=O)O)cc21. The van der Waals surface area contributed by atoms with E-state index in [0.717, 1.165) is 12.1 Å². The maximum Gasteiger partial charge on any atom is 0.295 e. The highest BCUT2D eigenvalue weighted by Gasteiger charge is 2.32. The number of hydrogen-bond donors (Lipinski definition) is 4. The molecule has 1 aliphatic rings. The Bertz CT molecular complexity index is 1540. The van der Waals surface area contributed by atoms with E-state index in [9.17, 15) is 35.8 Å². The number of Topliss-reactive ketones (excluding diaryl/α,β-unsaturated/α-hetero) is 1. The fraction of sp³-hybridized carbons (Fsp3) is 0. The molecule has 0 radical (unpaired) electrons. The van der Waals surface area contributed by atoms with E-state index in [0.29, 0.717) is 0 Å². The summed E-state index contributed by atoms with van der Waals surface area (Å²) >= 11 is 6.01. The molecule has 0 bridgehead atoms. The third kappa shape index (κ3) is 3.29. The Kier molecular flexibility index (Phi) is 4.72. The minimum absolute atomic E-state index is 0.00656. The van der Waals surface area contributed by atoms with Crippen molar-refractivity contribution >= 4 is 80.2 Å². The van der Waals surface area contributed by atoms with Crippen molar-refractivity contribution in [3.8, 4) is 5.75 Å². The average molecular weight is 580 g/mol. The molecule has 0 saturated carbocycles. The van der Waals surface area contributed by atoms with Crippen LogP contribution >= 0.6 is 31.9 Å². The van der Waals surface area contributed by atoms with E-state index in [2.05, 4.69) is 41.8 Å². The van der Waals surface area contributed by atoms with Gasteiger partial charge in [0, 0.05) is 14.3 Å². The van der Waals surface area contributed by atoms with Crippen LogP contribution in [0.25, 0.3) is 10.9 Å². The highest BCUT2D eigenvalue weighted by molar-refractivity contribution is 9.10. The van der Waals surface area contributed by atoms with E-state index in [-0.39, 0.29) is 42.5 Å². The number of carbonyl (C=O) groups excluding carboxylic acids is 1. The lowest BCUT2D eigenvalue weighted by molar-refractivity contribution is 0.106. The Labute approximate surface area is 185 Å². The fourth-order valence-electron chi connectivity index (χ4n) is 3.03. The number of aromatic nitrogens is 1. The number of H-pyrrole nitrogens is 1. The second-order valence-electron chi connectivity index (χ2n) is 6.22. The Morgan fingerprint density at radius 2 is 1.47 bits per heavy atom. The summed E-state index contributed by atoms with van der Waals surface area (Å²) in [6.07, 6.45) is 0. The van der Waals surface area contributed by atoms with Crippen LogP contribution in [0.2, 0.25) is 0 Å². The van der Waals surface area contributed by atoms with Gasteiger partial charge in [0.1, 0.15) is 21.2 Å². The number of rotatable bonds is 3. The molecule has 0 unspecified atom stereocenters. The lowest BCUT2D eigenvalue weighted by Gasteiger charge is -2.03. The van der Waals surface area contributed by atoms with Crippen LogP contribution < -0.4 is 0 Å². The van der Waals surface area contributed by atoms with Crippen molar-refractivity contribution < 1.29 is 35.8 Å². The maximum absolute atomic E-state index is 12.8. The number of carbonyl (C=O) groups is 1. The summed E-state index contributed by atoms with van der Waals surface area (Å²) in [5, 5.41) is 10.6. The van der Waals surface area contributed by atoms with Gasteiger partial charge >= 0.3 is 0 Å². The van der Waals surface area contributed by atoms with Gasteiger partial charge < -0.3 is 10.1 Å². The van der Waals surface area contributed by atoms with Crippen LogP contribution in [0.4, 0.5) is 5.69 Å². The van der Waals surface area contributed by atoms with Crippen molar-refractivity contribution in [2.24, 2.45) is 4.99 Å². The molecule has 0 saturated heterocycles. The van der Waals surface area contributed by atoms with E-state index in [1.54, 1.807) is 0 Å². The number of ketones is 1. The van der Waals surface area contributed by atoms with Gasteiger partial charge in [-0.25, -0.2) is 4.99 Å². The number of benzene rings is 2. The first-order chi connectivity index (χ1) is 13.8. The van der Waals surface area contributed by atoms with Crippen molar-refractivity contribution in [1.29, 1.82) is 0 Å². The van der Waals surface area contributed by atoms with Crippen LogP contribution in [0, 0.1) is 0 Å². The molecule has 0 amide bonds. The van der Waals surface area contributed by atoms with Crippen molar-refractivity contribution in [2.75, 3.05) is 0 Å². The molecule has 4 rings (SSSR count). The molecule has 3 aromatic rings. The zero-order chi connectivity index (χ0) is 22.2. The summed E-state index contributed by atoms with van der Waals surface area (Å²) in [5.74, 6) is -1.21. The van der Waals surface area contributed by atoms with Crippen LogP contribution in [-0.2, 0) is 20.2 Å². The normalized spacial score (nSPS) is 14.3. The molecular weight excluding hydrogens is 572 g/mol. The summed E-state index contributed by atoms with van der Waals surface area (Å²) in [6, 6.07) is 4.50. The number of hydrogen-bond acceptors (Lipinski definition) is 7. The average Bonchev–Trinajstić information content (AvgIpc) is 3.08. The highest BCUT2D eigenvalue weighted by atomic mass is 79.9. The quantitative estimate of drug-likeness (QED) is 0.342. The van der Waals surface area contributed by atoms with Crippen molar-refractivity contribution in [2.45, 2.75) is 9.79 Å². The number of nitrogens with zero attached hydrogens (tertiary/aromatic N) is 1. The first kappa shape index (κ1) is 21.1. The molecule has 1 aliphatic heterocycles. The molecule has 4 N–H and O–H groups in total. The predicted octanol–water partition coefficient (Wildman–Crippen LogP) is 3.21. The zero-order valence-electron chi connectivity index (χ0n) is 14.2. The molecule has 14 heteroatoms. The van der Waals surface area contributed by atoms with E-state index < -0.39 is 41.6 Å². The van der Waals surface area contributed by atoms with Crippen molar-refractivity contribution in [3.63, 3.8) is 0 Å². The third-order valence-electron chi connectivity index (χ3n) is 4.36. The van der Waals surface area contributed by atoms with Gasteiger partial charge in [-0.3, -0.25) is 13.9 Å². The van der Waals surface area contributed by atoms with E-state index in [1.165, 1.54) is 12.1 Å². The van der Waals surface area contributed by atoms with E-state index in [1.807, 2.05) is 0 Å². The van der Waals surface area contributed by atoms with Gasteiger partial charge in [0.2, 0.25) is 5.78 Å². The largest absolute Gasteiger partial charge is 0.505 e. The molecule has 156 valence electrons. The maximum atomic E-state index is 12.8. The van der Waals surface area contributed by atoms with Crippen molar-refractivity contribution in [3.05, 3.63) is 44.5 Å². The molecule has 2 aromatic carbocycles. The minimum Gasteiger partial charge on any atom is -0.505 e. The standard InChI is InChI=1S/C16H8Br2N2O8S2/c17-7-3-9-5(1-11(7)29(23,24)25)15(21)13(19-9)14-16(22)6-2-12(30(26,27)28)8(18)4-10(6)20-14/h1-4,19,21H,(H,23,24,25)(H,26,27,28). The number of fused-ring (bicyclic) bond motifs is 2. The number of aromatic hydroxyl groups is 1. The van der Waals surface area contributed by atoms with E-state index in [4.69, 9.17) is 0 Å². The van der Waals surface area contributed by atoms with Crippen LogP contribution in [0.15, 0.2) is 48.0 Å². The topological polar surface area (TPSA) is 174 Å². The first-order valence-corrected chi connectivity index (χ1v) is 12.2. The lowest BCUT2D eigenvalue weighted by Crippen LogP contribution is -2.12. The monoisotopic (exact) mass is 578 g/mol. The van der Waals surface area contributed by atoms with Gasteiger partial charge in [0.05, 0.1) is 16.8 Å². The molecule has 10 nitrogen and oxygen atoms in total. The van der Waals surface area contributed by atoms with Crippen LogP contribution in [0.1, 0.15) is 16.1 Å². The molecule has 2 heterocycles. The number of aromatic amines is 1. The lowest BCUT2D eigenvalue weighted by atomic mass is 10.1. The van der Waals surface area contributed by atoms with Crippen LogP contribution in [-0.4, -0.2) is 47.5 Å². The van der Waals surface area contributed by atoms with Gasteiger partial charge in [-0.05, 0) is 56.1 Å². The first-order valence-electron chi connectivity index (χ1n) is 7.75. The summed E-state index contributed by atoms with van der Waals surface area (Å²) in [7, 11) is -9.19. The third-order valence-corrected chi connectivity index (χ3v) is 7.98. The molecule has 1 aromatic heterocycles. The smallest absolute Gasteiger partial charge is 0.295 e. The zero-order valence-corrected chi connectivity index (χ0v) is 19.0. The predicted molar refractivity (Wildman–Crippen MR) is 112 cm³/mol. The molecule has 0 aliphatic carbocycles. The van der Waals surface area contributed by atoms with Gasteiger partial charge in [0.25, 0.3) is 20.2 Å².